The maximum atomic E-state index is 11.3. The van der Waals surface area contributed by atoms with Gasteiger partial charge in [-0.3, -0.25) is 9.59 Å². The molecule has 0 rings (SSSR count). The van der Waals surface area contributed by atoms with Crippen LogP contribution in [0.4, 0.5) is 0 Å². The summed E-state index contributed by atoms with van der Waals surface area (Å²) < 4.78 is 0. The molecule has 0 aliphatic carbocycles. The molecule has 22 heavy (non-hydrogen) atoms. The maximum absolute atomic E-state index is 11.3. The molecule has 0 aromatic rings. The number of hydrogen-bond acceptors (Lipinski definition) is 5. The Morgan fingerprint density at radius 3 is 1.86 bits per heavy atom. The van der Waals surface area contributed by atoms with E-state index in [-0.39, 0.29) is 19.6 Å². The van der Waals surface area contributed by atoms with Gasteiger partial charge < -0.3 is 25.5 Å². The Morgan fingerprint density at radius 1 is 1.14 bits per heavy atom. The van der Waals surface area contributed by atoms with Crippen molar-refractivity contribution in [2.24, 2.45) is 5.41 Å². The molecule has 132 valence electrons. The number of carbonyl (C=O) groups excluding carboxylic acids is 1. The number of carbonyl (C=O) groups is 2. The van der Waals surface area contributed by atoms with Gasteiger partial charge in [0, 0.05) is 12.0 Å². The lowest BCUT2D eigenvalue weighted by atomic mass is 9.87. The summed E-state index contributed by atoms with van der Waals surface area (Å²) in [6, 6.07) is 0. The van der Waals surface area contributed by atoms with E-state index in [1.165, 1.54) is 33.5 Å². The largest absolute Gasteiger partial charge is 0.481 e. The fourth-order valence-corrected chi connectivity index (χ4v) is 1.50. The van der Waals surface area contributed by atoms with E-state index in [0.717, 1.165) is 0 Å². The predicted octanol–water partition coefficient (Wildman–Crippen LogP) is 0.305. The zero-order chi connectivity index (χ0) is 17.8. The number of aliphatic carboxylic acids is 1. The Labute approximate surface area is 133 Å². The topological polar surface area (TPSA) is 110 Å². The lowest BCUT2D eigenvalue weighted by Crippen LogP contribution is -2.45. The van der Waals surface area contributed by atoms with Crippen molar-refractivity contribution in [3.63, 3.8) is 0 Å². The summed E-state index contributed by atoms with van der Waals surface area (Å²) in [6.45, 7) is 12.8. The van der Waals surface area contributed by atoms with Gasteiger partial charge in [-0.25, -0.2) is 0 Å². The minimum atomic E-state index is -1.35. The van der Waals surface area contributed by atoms with Gasteiger partial charge >= 0.3 is 5.97 Å². The van der Waals surface area contributed by atoms with E-state index in [0.29, 0.717) is 0 Å². The van der Waals surface area contributed by atoms with Crippen LogP contribution in [0.2, 0.25) is 0 Å². The van der Waals surface area contributed by atoms with Crippen molar-refractivity contribution >= 4 is 11.9 Å². The zero-order valence-electron chi connectivity index (χ0n) is 14.4. The van der Waals surface area contributed by atoms with Crippen molar-refractivity contribution in [3.05, 3.63) is 0 Å². The van der Waals surface area contributed by atoms with E-state index < -0.39 is 23.4 Å². The highest BCUT2D eigenvalue weighted by Crippen LogP contribution is 2.19. The number of aliphatic hydroxyl groups is 2. The lowest BCUT2D eigenvalue weighted by molar-refractivity contribution is -0.138. The van der Waals surface area contributed by atoms with Crippen molar-refractivity contribution in [3.8, 4) is 0 Å². The van der Waals surface area contributed by atoms with Crippen LogP contribution in [0.5, 0.6) is 0 Å². The second kappa shape index (κ2) is 12.4. The Bertz CT molecular complexity index is 312. The monoisotopic (exact) mass is 320 g/mol. The highest BCUT2D eigenvalue weighted by molar-refractivity contribution is 5.81. The van der Waals surface area contributed by atoms with Crippen LogP contribution in [-0.2, 0) is 9.59 Å². The minimum Gasteiger partial charge on any atom is -0.481 e. The Morgan fingerprint density at radius 2 is 1.59 bits per heavy atom. The van der Waals surface area contributed by atoms with Crippen LogP contribution in [0, 0.1) is 5.41 Å². The van der Waals surface area contributed by atoms with Crippen molar-refractivity contribution in [2.45, 2.75) is 47.1 Å². The summed E-state index contributed by atoms with van der Waals surface area (Å²) in [5, 5.41) is 29.0. The molecule has 0 unspecified atom stereocenters. The highest BCUT2D eigenvalue weighted by Gasteiger charge is 2.32. The molecule has 0 fully saturated rings. The van der Waals surface area contributed by atoms with Crippen LogP contribution in [0.3, 0.4) is 0 Å². The lowest BCUT2D eigenvalue weighted by Gasteiger charge is -2.26. The molecule has 4 N–H and O–H groups in total. The Kier molecular flexibility index (Phi) is 13.0. The van der Waals surface area contributed by atoms with E-state index in [4.69, 9.17) is 10.2 Å². The molecule has 0 bridgehead atoms. The smallest absolute Gasteiger partial charge is 0.305 e. The molecule has 0 heterocycles. The summed E-state index contributed by atoms with van der Waals surface area (Å²) >= 11 is 0. The van der Waals surface area contributed by atoms with Gasteiger partial charge in [0.25, 0.3) is 0 Å². The summed E-state index contributed by atoms with van der Waals surface area (Å²) in [5.74, 6) is -1.69. The molecule has 0 aliphatic heterocycles. The number of nitrogens with one attached hydrogen (secondary N) is 1. The predicted molar refractivity (Wildman–Crippen MR) is 85.6 cm³/mol. The van der Waals surface area contributed by atoms with Gasteiger partial charge in [-0.1, -0.05) is 34.6 Å². The van der Waals surface area contributed by atoms with E-state index in [9.17, 15) is 14.7 Å². The van der Waals surface area contributed by atoms with E-state index in [2.05, 4.69) is 31.0 Å². The number of carboxylic acid groups (broad SMARTS) is 1. The van der Waals surface area contributed by atoms with Gasteiger partial charge in [0.1, 0.15) is 6.10 Å². The summed E-state index contributed by atoms with van der Waals surface area (Å²) in [6.07, 6.45) is -1.55. The van der Waals surface area contributed by atoms with Crippen molar-refractivity contribution in [1.82, 2.24) is 10.2 Å². The molecule has 0 aromatic heterocycles. The Hall–Kier alpha value is -1.18. The number of hydrogen-bond donors (Lipinski definition) is 4. The average Bonchev–Trinajstić information content (AvgIpc) is 2.48. The number of carboxylic acids is 1. The van der Waals surface area contributed by atoms with E-state index in [1.807, 2.05) is 0 Å². The molecular weight excluding hydrogens is 288 g/mol. The molecule has 0 saturated heterocycles. The Balaban J connectivity index is 0. The van der Waals surface area contributed by atoms with Gasteiger partial charge in [-0.2, -0.15) is 0 Å². The highest BCUT2D eigenvalue weighted by atomic mass is 16.4. The first-order valence-corrected chi connectivity index (χ1v) is 7.66. The first-order chi connectivity index (χ1) is 10.2. The quantitative estimate of drug-likeness (QED) is 0.486. The summed E-state index contributed by atoms with van der Waals surface area (Å²) in [7, 11) is 0. The average molecular weight is 320 g/mol. The third-order valence-electron chi connectivity index (χ3n) is 3.38. The van der Waals surface area contributed by atoms with Crippen molar-refractivity contribution in [2.75, 3.05) is 32.8 Å². The molecular formula is C15H32N2O5. The standard InChI is InChI=1S/C9H17NO5.C6H15N/c1-9(2,5-11)7(14)8(15)10-4-3-6(12)13;1-4-7(5-2)6-3/h7,11,14H,3-5H2,1-2H3,(H,10,15)(H,12,13);4-6H2,1-3H3/t7-;/m0./s1. The van der Waals surface area contributed by atoms with Gasteiger partial charge in [0.2, 0.25) is 5.91 Å². The molecule has 7 nitrogen and oxygen atoms in total. The van der Waals surface area contributed by atoms with Crippen LogP contribution >= 0.6 is 0 Å². The maximum Gasteiger partial charge on any atom is 0.305 e. The van der Waals surface area contributed by atoms with E-state index >= 15 is 0 Å². The molecule has 0 aliphatic rings. The van der Waals surface area contributed by atoms with Crippen LogP contribution < -0.4 is 5.32 Å². The molecule has 0 spiro atoms. The van der Waals surface area contributed by atoms with Crippen LogP contribution in [0.15, 0.2) is 0 Å². The third kappa shape index (κ3) is 10.5. The van der Waals surface area contributed by atoms with Gasteiger partial charge in [0.05, 0.1) is 13.0 Å². The van der Waals surface area contributed by atoms with Crippen LogP contribution in [0.1, 0.15) is 41.0 Å². The van der Waals surface area contributed by atoms with Crippen LogP contribution in [0.25, 0.3) is 0 Å². The SMILES string of the molecule is CC(C)(CO)[C@@H](O)C(=O)NCCC(=O)O.CCN(CC)CC. The van der Waals surface area contributed by atoms with Gasteiger partial charge in [0.15, 0.2) is 0 Å². The van der Waals surface area contributed by atoms with E-state index in [1.54, 1.807) is 0 Å². The third-order valence-corrected chi connectivity index (χ3v) is 3.38. The second-order valence-corrected chi connectivity index (χ2v) is 5.60. The number of aliphatic hydroxyl groups excluding tert-OH is 2. The molecule has 0 saturated carbocycles. The minimum absolute atomic E-state index is 0.0350. The van der Waals surface area contributed by atoms with Crippen molar-refractivity contribution in [1.29, 1.82) is 0 Å². The van der Waals surface area contributed by atoms with Gasteiger partial charge in [-0.05, 0) is 19.6 Å². The molecule has 7 heteroatoms. The molecule has 1 amide bonds. The molecule has 1 atom stereocenters. The number of nitrogens with zero attached hydrogens (tertiary/aromatic N) is 1. The second-order valence-electron chi connectivity index (χ2n) is 5.60. The summed E-state index contributed by atoms with van der Waals surface area (Å²) in [4.78, 5) is 23.8. The van der Waals surface area contributed by atoms with Crippen LogP contribution in [-0.4, -0.2) is 71.0 Å². The number of amides is 1. The fraction of sp³-hybridized carbons (Fsp3) is 0.867. The number of rotatable bonds is 9. The first kappa shape index (κ1) is 23.1. The van der Waals surface area contributed by atoms with Gasteiger partial charge in [-0.15, -0.1) is 0 Å². The van der Waals surface area contributed by atoms with Crippen molar-refractivity contribution < 1.29 is 24.9 Å². The normalized spacial score (nSPS) is 12.4. The first-order valence-electron chi connectivity index (χ1n) is 7.66. The molecule has 0 radical (unpaired) electrons. The summed E-state index contributed by atoms with van der Waals surface area (Å²) in [5.41, 5.74) is -0.937. The molecule has 0 aromatic carbocycles. The zero-order valence-corrected chi connectivity index (χ0v) is 14.4. The fourth-order valence-electron chi connectivity index (χ4n) is 1.50.